The molecule has 1 amide bonds. The number of carboxylic acid groups (broad SMARTS) is 1. The molecule has 0 aliphatic heterocycles. The number of carbonyl (C=O) groups is 3. The third kappa shape index (κ3) is 6.91. The number of benzene rings is 4. The van der Waals surface area contributed by atoms with Gasteiger partial charge in [-0.05, 0) is 54.4 Å². The third-order valence-electron chi connectivity index (χ3n) is 6.44. The van der Waals surface area contributed by atoms with Crippen LogP contribution in [0, 0.1) is 0 Å². The van der Waals surface area contributed by atoms with Gasteiger partial charge in [0.05, 0.1) is 28.8 Å². The summed E-state index contributed by atoms with van der Waals surface area (Å²) in [6, 6.07) is 27.9. The van der Waals surface area contributed by atoms with Crippen LogP contribution in [0.2, 0.25) is 0 Å². The van der Waals surface area contributed by atoms with Crippen LogP contribution in [0.25, 0.3) is 10.2 Å². The number of ether oxygens (including phenoxy) is 2. The fourth-order valence-corrected chi connectivity index (χ4v) is 5.31. The largest absolute Gasteiger partial charge is 0.548 e. The molecule has 1 unspecified atom stereocenters. The Morgan fingerprint density at radius 2 is 1.52 bits per heavy atom. The van der Waals surface area contributed by atoms with E-state index in [0.29, 0.717) is 29.0 Å². The van der Waals surface area contributed by atoms with E-state index in [2.05, 4.69) is 5.32 Å². The standard InChI is InChI=1S/C32H26N2O7S/c35-29(22-7-3-1-4-8-22)23-13-16-27-28(20-23)42-32(39)34(27)17-18-40-24-14-11-21(12-15-24)19-26(30(36)37)33-31(38)41-25-9-5-2-6-10-25/h1-16,20,26H,17-19H2,(H,33,38)(H,36,37)/p-1. The van der Waals surface area contributed by atoms with Crippen molar-refractivity contribution in [2.75, 3.05) is 6.61 Å². The summed E-state index contributed by atoms with van der Waals surface area (Å²) in [5.74, 6) is -0.728. The number of ketones is 1. The Kier molecular flexibility index (Phi) is 8.74. The Morgan fingerprint density at radius 1 is 0.833 bits per heavy atom. The number of carbonyl (C=O) groups excluding carboxylic acids is 3. The van der Waals surface area contributed by atoms with E-state index in [1.807, 2.05) is 18.2 Å². The zero-order valence-corrected chi connectivity index (χ0v) is 23.0. The Balaban J connectivity index is 1.16. The number of hydrogen-bond acceptors (Lipinski definition) is 8. The topological polar surface area (TPSA) is 127 Å². The highest BCUT2D eigenvalue weighted by Gasteiger charge is 2.16. The third-order valence-corrected chi connectivity index (χ3v) is 7.39. The van der Waals surface area contributed by atoms with Gasteiger partial charge in [0.15, 0.2) is 5.78 Å². The Labute approximate surface area is 244 Å². The van der Waals surface area contributed by atoms with Crippen LogP contribution in [0.4, 0.5) is 4.79 Å². The molecule has 1 N–H and O–H groups in total. The van der Waals surface area contributed by atoms with Crippen LogP contribution in [0.5, 0.6) is 11.5 Å². The molecule has 5 rings (SSSR count). The molecule has 10 heteroatoms. The predicted molar refractivity (Wildman–Crippen MR) is 156 cm³/mol. The molecule has 0 aliphatic rings. The van der Waals surface area contributed by atoms with Crippen molar-refractivity contribution in [2.45, 2.75) is 19.0 Å². The molecule has 1 atom stereocenters. The molecule has 0 radical (unpaired) electrons. The van der Waals surface area contributed by atoms with Crippen molar-refractivity contribution in [1.29, 1.82) is 0 Å². The summed E-state index contributed by atoms with van der Waals surface area (Å²) in [5.41, 5.74) is 2.46. The zero-order chi connectivity index (χ0) is 29.5. The first kappa shape index (κ1) is 28.3. The molecule has 212 valence electrons. The van der Waals surface area contributed by atoms with Crippen LogP contribution < -0.4 is 24.8 Å². The molecule has 0 saturated carbocycles. The quantitative estimate of drug-likeness (QED) is 0.235. The van der Waals surface area contributed by atoms with Crippen molar-refractivity contribution in [2.24, 2.45) is 0 Å². The number of thiazole rings is 1. The van der Waals surface area contributed by atoms with E-state index < -0.39 is 18.1 Å². The van der Waals surface area contributed by atoms with Gasteiger partial charge in [-0.1, -0.05) is 72.0 Å². The van der Waals surface area contributed by atoms with Gasteiger partial charge in [-0.15, -0.1) is 0 Å². The van der Waals surface area contributed by atoms with Gasteiger partial charge in [0.25, 0.3) is 0 Å². The molecule has 1 heterocycles. The molecule has 0 saturated heterocycles. The predicted octanol–water partition coefficient (Wildman–Crippen LogP) is 3.82. The van der Waals surface area contributed by atoms with Crippen LogP contribution >= 0.6 is 11.3 Å². The van der Waals surface area contributed by atoms with Gasteiger partial charge >= 0.3 is 11.0 Å². The van der Waals surface area contributed by atoms with Crippen LogP contribution in [0.15, 0.2) is 108 Å². The van der Waals surface area contributed by atoms with Crippen molar-refractivity contribution in [3.63, 3.8) is 0 Å². The van der Waals surface area contributed by atoms with Crippen LogP contribution in [0.3, 0.4) is 0 Å². The van der Waals surface area contributed by atoms with Gasteiger partial charge < -0.3 is 24.7 Å². The number of nitrogens with zero attached hydrogens (tertiary/aromatic N) is 1. The van der Waals surface area contributed by atoms with E-state index in [4.69, 9.17) is 9.47 Å². The summed E-state index contributed by atoms with van der Waals surface area (Å²) in [6.07, 6.45) is -0.914. The van der Waals surface area contributed by atoms with Gasteiger partial charge in [-0.2, -0.15) is 0 Å². The number of rotatable bonds is 11. The summed E-state index contributed by atoms with van der Waals surface area (Å²) in [4.78, 5) is 49.0. The number of hydrogen-bond donors (Lipinski definition) is 1. The number of nitrogens with one attached hydrogen (secondary N) is 1. The molecule has 0 aliphatic carbocycles. The normalized spacial score (nSPS) is 11.5. The fraction of sp³-hybridized carbons (Fsp3) is 0.125. The molecule has 0 fully saturated rings. The molecule has 4 aromatic carbocycles. The van der Waals surface area contributed by atoms with Gasteiger partial charge in [0.1, 0.15) is 18.1 Å². The molecular weight excluding hydrogens is 556 g/mol. The van der Waals surface area contributed by atoms with Crippen LogP contribution in [-0.2, 0) is 17.8 Å². The Hall–Kier alpha value is -5.22. The maximum absolute atomic E-state index is 12.8. The fourth-order valence-electron chi connectivity index (χ4n) is 4.35. The van der Waals surface area contributed by atoms with Crippen LogP contribution in [0.1, 0.15) is 21.5 Å². The summed E-state index contributed by atoms with van der Waals surface area (Å²) >= 11 is 1.07. The molecule has 0 bridgehead atoms. The lowest BCUT2D eigenvalue weighted by atomic mass is 10.0. The minimum Gasteiger partial charge on any atom is -0.548 e. The van der Waals surface area contributed by atoms with Crippen molar-refractivity contribution in [3.8, 4) is 11.5 Å². The highest BCUT2D eigenvalue weighted by molar-refractivity contribution is 7.16. The zero-order valence-electron chi connectivity index (χ0n) is 22.2. The molecular formula is C32H25N2O7S-. The second kappa shape index (κ2) is 13.0. The van der Waals surface area contributed by atoms with E-state index in [1.54, 1.807) is 89.5 Å². The highest BCUT2D eigenvalue weighted by Crippen LogP contribution is 2.21. The number of amides is 1. The number of aromatic nitrogens is 1. The van der Waals surface area contributed by atoms with E-state index >= 15 is 0 Å². The van der Waals surface area contributed by atoms with Gasteiger partial charge in [0.2, 0.25) is 0 Å². The summed E-state index contributed by atoms with van der Waals surface area (Å²) < 4.78 is 13.2. The van der Waals surface area contributed by atoms with Crippen molar-refractivity contribution >= 4 is 39.4 Å². The van der Waals surface area contributed by atoms with E-state index in [-0.39, 0.29) is 29.4 Å². The molecule has 9 nitrogen and oxygen atoms in total. The number of fused-ring (bicyclic) bond motifs is 1. The molecule has 42 heavy (non-hydrogen) atoms. The second-order valence-electron chi connectivity index (χ2n) is 9.31. The first-order valence-electron chi connectivity index (χ1n) is 13.1. The average molecular weight is 582 g/mol. The van der Waals surface area contributed by atoms with Crippen molar-refractivity contribution in [3.05, 3.63) is 129 Å². The summed E-state index contributed by atoms with van der Waals surface area (Å²) in [6.45, 7) is 0.511. The minimum atomic E-state index is -1.44. The van der Waals surface area contributed by atoms with Crippen molar-refractivity contribution in [1.82, 2.24) is 9.88 Å². The highest BCUT2D eigenvalue weighted by atomic mass is 32.1. The van der Waals surface area contributed by atoms with Gasteiger partial charge in [0, 0.05) is 11.1 Å². The maximum Gasteiger partial charge on any atom is 0.413 e. The SMILES string of the molecule is O=C(NC(Cc1ccc(OCCn2c(=O)sc3cc(C(=O)c4ccccc4)ccc32)cc1)C(=O)[O-])Oc1ccccc1. The molecule has 0 spiro atoms. The average Bonchev–Trinajstić information content (AvgIpc) is 3.32. The number of carboxylic acids is 1. The monoisotopic (exact) mass is 581 g/mol. The Bertz CT molecular complexity index is 1760. The minimum absolute atomic E-state index is 0.0163. The summed E-state index contributed by atoms with van der Waals surface area (Å²) in [5, 5.41) is 13.9. The van der Waals surface area contributed by atoms with E-state index in [1.165, 1.54) is 0 Å². The molecule has 1 aromatic heterocycles. The first-order chi connectivity index (χ1) is 20.4. The van der Waals surface area contributed by atoms with E-state index in [0.717, 1.165) is 21.6 Å². The first-order valence-corrected chi connectivity index (χ1v) is 13.9. The van der Waals surface area contributed by atoms with Gasteiger partial charge in [-0.25, -0.2) is 4.79 Å². The van der Waals surface area contributed by atoms with Gasteiger partial charge in [-0.3, -0.25) is 14.2 Å². The lowest BCUT2D eigenvalue weighted by Gasteiger charge is -2.19. The van der Waals surface area contributed by atoms with Crippen LogP contribution in [-0.4, -0.2) is 35.1 Å². The maximum atomic E-state index is 12.8. The van der Waals surface area contributed by atoms with E-state index in [9.17, 15) is 24.3 Å². The molecule has 5 aromatic rings. The smallest absolute Gasteiger partial charge is 0.413 e. The lowest BCUT2D eigenvalue weighted by Crippen LogP contribution is -2.50. The van der Waals surface area contributed by atoms with Crippen molar-refractivity contribution < 1.29 is 29.0 Å². The Morgan fingerprint density at radius 3 is 2.21 bits per heavy atom. The second-order valence-corrected chi connectivity index (χ2v) is 10.3. The lowest BCUT2D eigenvalue weighted by molar-refractivity contribution is -0.308. The number of para-hydroxylation sites is 1. The summed E-state index contributed by atoms with van der Waals surface area (Å²) in [7, 11) is 0. The number of aliphatic carboxylic acids is 1.